The van der Waals surface area contributed by atoms with Crippen LogP contribution in [0.15, 0.2) is 12.1 Å². The molecule has 1 amide bonds. The highest BCUT2D eigenvalue weighted by Crippen LogP contribution is 2.35. The normalized spacial score (nSPS) is 9.84. The zero-order valence-corrected chi connectivity index (χ0v) is 10.9. The topological polar surface area (TPSA) is 100 Å². The van der Waals surface area contributed by atoms with E-state index in [2.05, 4.69) is 10.6 Å². The van der Waals surface area contributed by atoms with E-state index < -0.39 is 6.09 Å². The fraction of sp³-hybridized carbons (Fsp3) is 0.417. The lowest BCUT2D eigenvalue weighted by atomic mass is 10.2. The van der Waals surface area contributed by atoms with Gasteiger partial charge in [0.05, 0.1) is 31.7 Å². The molecule has 0 spiro atoms. The number of phenolic OH excluding ortho intramolecular Hbond substituents is 1. The van der Waals surface area contributed by atoms with Crippen molar-refractivity contribution >= 4 is 17.5 Å². The Morgan fingerprint density at radius 1 is 1.37 bits per heavy atom. The van der Waals surface area contributed by atoms with Crippen molar-refractivity contribution in [3.05, 3.63) is 12.1 Å². The molecule has 0 aliphatic heterocycles. The number of ether oxygens (including phenoxy) is 2. The van der Waals surface area contributed by atoms with Gasteiger partial charge in [-0.2, -0.15) is 0 Å². The zero-order valence-electron chi connectivity index (χ0n) is 10.9. The second-order valence-corrected chi connectivity index (χ2v) is 3.57. The lowest BCUT2D eigenvalue weighted by Gasteiger charge is -2.14. The zero-order chi connectivity index (χ0) is 14.3. The number of phenols is 1. The van der Waals surface area contributed by atoms with Gasteiger partial charge in [-0.1, -0.05) is 0 Å². The van der Waals surface area contributed by atoms with E-state index in [1.54, 1.807) is 6.92 Å². The third-order valence-corrected chi connectivity index (χ3v) is 2.26. The summed E-state index contributed by atoms with van der Waals surface area (Å²) in [7, 11) is 1.46. The number of aromatic hydroxyl groups is 1. The second kappa shape index (κ2) is 7.32. The van der Waals surface area contributed by atoms with Gasteiger partial charge in [-0.3, -0.25) is 5.32 Å². The Hall–Kier alpha value is -2.15. The largest absolute Gasteiger partial charge is 0.506 e. The van der Waals surface area contributed by atoms with Gasteiger partial charge in [0.25, 0.3) is 0 Å². The number of hydrogen-bond donors (Lipinski definition) is 4. The van der Waals surface area contributed by atoms with Crippen LogP contribution in [0.5, 0.6) is 11.5 Å². The lowest BCUT2D eigenvalue weighted by Crippen LogP contribution is -2.14. The van der Waals surface area contributed by atoms with Crippen molar-refractivity contribution in [1.29, 1.82) is 0 Å². The number of nitrogens with one attached hydrogen (secondary N) is 2. The Morgan fingerprint density at radius 3 is 2.68 bits per heavy atom. The van der Waals surface area contributed by atoms with Gasteiger partial charge in [-0.25, -0.2) is 4.79 Å². The van der Waals surface area contributed by atoms with Gasteiger partial charge in [-0.15, -0.1) is 0 Å². The minimum atomic E-state index is -0.657. The number of hydrogen-bond acceptors (Lipinski definition) is 6. The number of amides is 1. The van der Waals surface area contributed by atoms with Crippen LogP contribution in [-0.4, -0.2) is 43.2 Å². The van der Waals surface area contributed by atoms with Crippen molar-refractivity contribution in [2.45, 2.75) is 6.92 Å². The van der Waals surface area contributed by atoms with Gasteiger partial charge in [0, 0.05) is 18.7 Å². The fourth-order valence-corrected chi connectivity index (χ4v) is 1.44. The van der Waals surface area contributed by atoms with Crippen LogP contribution in [0.1, 0.15) is 6.92 Å². The average molecular weight is 270 g/mol. The molecule has 0 aliphatic carbocycles. The highest BCUT2D eigenvalue weighted by Gasteiger charge is 2.12. The monoisotopic (exact) mass is 270 g/mol. The van der Waals surface area contributed by atoms with Crippen LogP contribution >= 0.6 is 0 Å². The number of carbonyl (C=O) groups excluding carboxylic acids is 1. The van der Waals surface area contributed by atoms with E-state index in [0.717, 1.165) is 0 Å². The molecule has 0 unspecified atom stereocenters. The third kappa shape index (κ3) is 4.22. The quantitative estimate of drug-likeness (QED) is 0.583. The molecule has 7 heteroatoms. The van der Waals surface area contributed by atoms with Crippen molar-refractivity contribution in [1.82, 2.24) is 0 Å². The van der Waals surface area contributed by atoms with Gasteiger partial charge in [0.15, 0.2) is 0 Å². The van der Waals surface area contributed by atoms with Crippen molar-refractivity contribution in [3.8, 4) is 11.5 Å². The van der Waals surface area contributed by atoms with Gasteiger partial charge < -0.3 is 25.0 Å². The molecule has 0 bridgehead atoms. The number of carbonyl (C=O) groups is 1. The summed E-state index contributed by atoms with van der Waals surface area (Å²) in [5, 5.41) is 23.8. The van der Waals surface area contributed by atoms with Crippen LogP contribution in [-0.2, 0) is 4.74 Å². The van der Waals surface area contributed by atoms with Crippen molar-refractivity contribution in [2.24, 2.45) is 0 Å². The smallest absolute Gasteiger partial charge is 0.411 e. The number of benzene rings is 1. The molecule has 0 fully saturated rings. The van der Waals surface area contributed by atoms with Gasteiger partial charge >= 0.3 is 6.09 Å². The van der Waals surface area contributed by atoms with Crippen molar-refractivity contribution in [3.63, 3.8) is 0 Å². The van der Waals surface area contributed by atoms with E-state index in [9.17, 15) is 9.90 Å². The number of methoxy groups -OCH3 is 1. The van der Waals surface area contributed by atoms with Crippen LogP contribution in [0.3, 0.4) is 0 Å². The van der Waals surface area contributed by atoms with E-state index >= 15 is 0 Å². The lowest BCUT2D eigenvalue weighted by molar-refractivity contribution is 0.168. The summed E-state index contributed by atoms with van der Waals surface area (Å²) < 4.78 is 9.85. The summed E-state index contributed by atoms with van der Waals surface area (Å²) in [6.07, 6.45) is -0.657. The maximum Gasteiger partial charge on any atom is 0.411 e. The molecule has 1 aromatic carbocycles. The summed E-state index contributed by atoms with van der Waals surface area (Å²) >= 11 is 0. The maximum atomic E-state index is 11.3. The molecule has 7 nitrogen and oxygen atoms in total. The first kappa shape index (κ1) is 14.9. The van der Waals surface area contributed by atoms with Crippen LogP contribution < -0.4 is 15.4 Å². The van der Waals surface area contributed by atoms with E-state index in [4.69, 9.17) is 14.6 Å². The molecule has 106 valence electrons. The van der Waals surface area contributed by atoms with E-state index in [0.29, 0.717) is 18.0 Å². The average Bonchev–Trinajstić information content (AvgIpc) is 2.39. The Morgan fingerprint density at radius 2 is 2.11 bits per heavy atom. The van der Waals surface area contributed by atoms with E-state index in [1.807, 2.05) is 0 Å². The maximum absolute atomic E-state index is 11.3. The van der Waals surface area contributed by atoms with Gasteiger partial charge in [0.1, 0.15) is 11.5 Å². The number of rotatable bonds is 6. The number of aliphatic hydroxyl groups excluding tert-OH is 1. The molecular weight excluding hydrogens is 252 g/mol. The third-order valence-electron chi connectivity index (χ3n) is 2.26. The molecule has 0 aromatic heterocycles. The summed E-state index contributed by atoms with van der Waals surface area (Å²) in [6, 6.07) is 2.86. The molecular formula is C12H18N2O5. The Labute approximate surface area is 111 Å². The summed E-state index contributed by atoms with van der Waals surface area (Å²) in [5.74, 6) is 0.298. The Kier molecular flexibility index (Phi) is 5.74. The molecule has 1 rings (SSSR count). The van der Waals surface area contributed by atoms with Crippen LogP contribution in [0, 0.1) is 0 Å². The predicted molar refractivity (Wildman–Crippen MR) is 70.9 cm³/mol. The molecule has 0 heterocycles. The first-order valence-electron chi connectivity index (χ1n) is 5.81. The number of anilines is 2. The Bertz CT molecular complexity index is 436. The highest BCUT2D eigenvalue weighted by atomic mass is 16.5. The summed E-state index contributed by atoms with van der Waals surface area (Å²) in [4.78, 5) is 11.3. The second-order valence-electron chi connectivity index (χ2n) is 3.57. The first-order chi connectivity index (χ1) is 9.12. The van der Waals surface area contributed by atoms with Crippen LogP contribution in [0.25, 0.3) is 0 Å². The minimum Gasteiger partial charge on any atom is -0.506 e. The summed E-state index contributed by atoms with van der Waals surface area (Å²) in [5.41, 5.74) is 0.702. The van der Waals surface area contributed by atoms with Crippen molar-refractivity contribution in [2.75, 3.05) is 37.5 Å². The van der Waals surface area contributed by atoms with Crippen LogP contribution in [0.4, 0.5) is 16.2 Å². The SMILES string of the molecule is CCOC(=O)Nc1cc(OC)c(NCCO)cc1O. The van der Waals surface area contributed by atoms with E-state index in [-0.39, 0.29) is 24.7 Å². The molecule has 0 saturated carbocycles. The molecule has 19 heavy (non-hydrogen) atoms. The fourth-order valence-electron chi connectivity index (χ4n) is 1.44. The standard InChI is InChI=1S/C12H18N2O5/c1-3-19-12(17)14-8-7-11(18-2)9(6-10(8)16)13-4-5-15/h6-7,13,15-16H,3-5H2,1-2H3,(H,14,17). The van der Waals surface area contributed by atoms with Crippen molar-refractivity contribution < 1.29 is 24.5 Å². The molecule has 0 atom stereocenters. The highest BCUT2D eigenvalue weighted by molar-refractivity contribution is 5.88. The molecule has 0 aliphatic rings. The first-order valence-corrected chi connectivity index (χ1v) is 5.81. The molecule has 0 saturated heterocycles. The Balaban J connectivity index is 2.92. The van der Waals surface area contributed by atoms with Gasteiger partial charge in [0.2, 0.25) is 0 Å². The predicted octanol–water partition coefficient (Wildman–Crippen LogP) is 1.37. The molecule has 0 radical (unpaired) electrons. The summed E-state index contributed by atoms with van der Waals surface area (Å²) in [6.45, 7) is 2.19. The van der Waals surface area contributed by atoms with Gasteiger partial charge in [-0.05, 0) is 6.92 Å². The minimum absolute atomic E-state index is 0.0489. The number of aliphatic hydroxyl groups is 1. The van der Waals surface area contributed by atoms with Crippen LogP contribution in [0.2, 0.25) is 0 Å². The molecule has 1 aromatic rings. The van der Waals surface area contributed by atoms with E-state index in [1.165, 1.54) is 19.2 Å². The molecule has 4 N–H and O–H groups in total.